The first-order valence-electron chi connectivity index (χ1n) is 5.79. The summed E-state index contributed by atoms with van der Waals surface area (Å²) in [5, 5.41) is 0.876. The molecule has 0 radical (unpaired) electrons. The number of Topliss-reactive ketones (excluding diaryl/α,β-unsaturated/α-hetero) is 1. The zero-order chi connectivity index (χ0) is 13.8. The Morgan fingerprint density at radius 1 is 1.42 bits per heavy atom. The van der Waals surface area contributed by atoms with Gasteiger partial charge in [0.1, 0.15) is 0 Å². The number of allylic oxidation sites excluding steroid dienone is 1. The average Bonchev–Trinajstić information content (AvgIpc) is 2.88. The number of hydrogen-bond donors (Lipinski definition) is 0. The number of nitrogens with zero attached hydrogens (tertiary/aromatic N) is 2. The lowest BCUT2D eigenvalue weighted by molar-refractivity contribution is 0.103. The summed E-state index contributed by atoms with van der Waals surface area (Å²) in [6.07, 6.45) is 7.42. The van der Waals surface area contributed by atoms with E-state index in [1.165, 1.54) is 0 Å². The number of rotatable bonds is 4. The molecular weight excluding hydrogens is 283 g/mol. The molecular formula is C14H12Cl2N2O. The van der Waals surface area contributed by atoms with Gasteiger partial charge in [0.05, 0.1) is 11.3 Å². The number of hydrogen-bond acceptors (Lipinski definition) is 2. The zero-order valence-corrected chi connectivity index (χ0v) is 11.8. The molecule has 0 aliphatic heterocycles. The van der Waals surface area contributed by atoms with Gasteiger partial charge in [0.2, 0.25) is 0 Å². The third-order valence-electron chi connectivity index (χ3n) is 2.68. The molecule has 0 bridgehead atoms. The molecule has 0 atom stereocenters. The van der Waals surface area contributed by atoms with E-state index in [4.69, 9.17) is 23.2 Å². The van der Waals surface area contributed by atoms with E-state index in [9.17, 15) is 4.79 Å². The zero-order valence-electron chi connectivity index (χ0n) is 10.3. The van der Waals surface area contributed by atoms with E-state index >= 15 is 0 Å². The lowest BCUT2D eigenvalue weighted by atomic mass is 10.0. The van der Waals surface area contributed by atoms with E-state index in [0.717, 1.165) is 0 Å². The summed E-state index contributed by atoms with van der Waals surface area (Å²) >= 11 is 11.9. The maximum Gasteiger partial charge on any atom is 0.191 e. The first-order chi connectivity index (χ1) is 9.11. The van der Waals surface area contributed by atoms with Crippen molar-refractivity contribution in [1.82, 2.24) is 9.55 Å². The highest BCUT2D eigenvalue weighted by Crippen LogP contribution is 2.24. The Morgan fingerprint density at radius 3 is 2.79 bits per heavy atom. The molecule has 0 saturated carbocycles. The molecule has 1 aromatic heterocycles. The summed E-state index contributed by atoms with van der Waals surface area (Å²) in [6.45, 7) is 1.92. The monoisotopic (exact) mass is 294 g/mol. The van der Waals surface area contributed by atoms with Gasteiger partial charge in [0.25, 0.3) is 0 Å². The van der Waals surface area contributed by atoms with E-state index in [2.05, 4.69) is 4.98 Å². The van der Waals surface area contributed by atoms with E-state index in [1.54, 1.807) is 47.7 Å². The number of ketones is 1. The van der Waals surface area contributed by atoms with Gasteiger partial charge in [-0.05, 0) is 24.6 Å². The molecule has 0 fully saturated rings. The molecule has 3 nitrogen and oxygen atoms in total. The molecule has 0 saturated heterocycles. The highest BCUT2D eigenvalue weighted by molar-refractivity contribution is 6.37. The van der Waals surface area contributed by atoms with Crippen LogP contribution in [0.4, 0.5) is 0 Å². The van der Waals surface area contributed by atoms with Crippen LogP contribution in [0.15, 0.2) is 42.5 Å². The van der Waals surface area contributed by atoms with Crippen molar-refractivity contribution in [2.24, 2.45) is 0 Å². The third-order valence-corrected chi connectivity index (χ3v) is 3.23. The van der Waals surface area contributed by atoms with Crippen LogP contribution in [0.5, 0.6) is 0 Å². The van der Waals surface area contributed by atoms with Crippen molar-refractivity contribution in [3.63, 3.8) is 0 Å². The molecule has 0 aliphatic carbocycles. The topological polar surface area (TPSA) is 34.9 Å². The van der Waals surface area contributed by atoms with Crippen LogP contribution in [0.3, 0.4) is 0 Å². The third kappa shape index (κ3) is 3.25. The van der Waals surface area contributed by atoms with E-state index in [0.29, 0.717) is 27.6 Å². The predicted octanol–water partition coefficient (Wildman–Crippen LogP) is 4.32. The fourth-order valence-electron chi connectivity index (χ4n) is 1.68. The summed E-state index contributed by atoms with van der Waals surface area (Å²) in [4.78, 5) is 16.3. The molecule has 0 unspecified atom stereocenters. The van der Waals surface area contributed by atoms with Crippen LogP contribution in [-0.2, 0) is 0 Å². The predicted molar refractivity (Wildman–Crippen MR) is 77.6 cm³/mol. The van der Waals surface area contributed by atoms with Crippen LogP contribution < -0.4 is 0 Å². The number of imidazole rings is 1. The van der Waals surface area contributed by atoms with Gasteiger partial charge in [-0.1, -0.05) is 30.1 Å². The lowest BCUT2D eigenvalue weighted by Crippen LogP contribution is -2.04. The number of aromatic nitrogens is 2. The molecule has 19 heavy (non-hydrogen) atoms. The number of carbonyl (C=O) groups is 1. The quantitative estimate of drug-likeness (QED) is 0.622. The molecule has 2 rings (SSSR count). The minimum atomic E-state index is -0.0992. The largest absolute Gasteiger partial charge is 0.313 e. The van der Waals surface area contributed by atoms with Gasteiger partial charge in [-0.2, -0.15) is 0 Å². The van der Waals surface area contributed by atoms with Gasteiger partial charge >= 0.3 is 0 Å². The van der Waals surface area contributed by atoms with E-state index in [1.807, 2.05) is 6.92 Å². The normalized spacial score (nSPS) is 11.6. The molecule has 5 heteroatoms. The Bertz CT molecular complexity index is 618. The first-order valence-corrected chi connectivity index (χ1v) is 6.55. The van der Waals surface area contributed by atoms with Crippen LogP contribution in [0, 0.1) is 0 Å². The van der Waals surface area contributed by atoms with Gasteiger partial charge in [0.15, 0.2) is 5.78 Å². The number of benzene rings is 1. The molecule has 1 aromatic carbocycles. The highest BCUT2D eigenvalue weighted by atomic mass is 35.5. The fourth-order valence-corrected chi connectivity index (χ4v) is 2.18. The summed E-state index contributed by atoms with van der Waals surface area (Å²) < 4.78 is 1.74. The van der Waals surface area contributed by atoms with Crippen LogP contribution >= 0.6 is 23.2 Å². The van der Waals surface area contributed by atoms with Gasteiger partial charge < -0.3 is 4.57 Å². The number of halogens is 2. The van der Waals surface area contributed by atoms with Crippen LogP contribution in [0.25, 0.3) is 6.20 Å². The average molecular weight is 295 g/mol. The Morgan fingerprint density at radius 2 is 2.21 bits per heavy atom. The van der Waals surface area contributed by atoms with Gasteiger partial charge in [-0.25, -0.2) is 4.98 Å². The second-order valence-corrected chi connectivity index (χ2v) is 4.81. The smallest absolute Gasteiger partial charge is 0.191 e. The van der Waals surface area contributed by atoms with Crippen molar-refractivity contribution in [2.45, 2.75) is 13.3 Å². The SMILES string of the molecule is CCC(=Cn1ccnc1)C(=O)c1ccc(Cl)cc1Cl. The minimum Gasteiger partial charge on any atom is -0.313 e. The Kier molecular flexibility index (Phi) is 4.40. The minimum absolute atomic E-state index is 0.0992. The second-order valence-electron chi connectivity index (χ2n) is 3.97. The van der Waals surface area contributed by atoms with Gasteiger partial charge in [-0.3, -0.25) is 4.79 Å². The standard InChI is InChI=1S/C14H12Cl2N2O/c1-2-10(8-18-6-5-17-9-18)14(19)12-4-3-11(15)7-13(12)16/h3-9H,2H2,1H3. The summed E-state index contributed by atoms with van der Waals surface area (Å²) in [5.74, 6) is -0.0992. The van der Waals surface area contributed by atoms with Crippen molar-refractivity contribution in [2.75, 3.05) is 0 Å². The highest BCUT2D eigenvalue weighted by Gasteiger charge is 2.14. The second kappa shape index (κ2) is 6.04. The summed E-state index contributed by atoms with van der Waals surface area (Å²) in [7, 11) is 0. The molecule has 0 aliphatic rings. The van der Waals surface area contributed by atoms with Gasteiger partial charge in [-0.15, -0.1) is 0 Å². The molecule has 2 aromatic rings. The van der Waals surface area contributed by atoms with E-state index in [-0.39, 0.29) is 5.78 Å². The fraction of sp³-hybridized carbons (Fsp3) is 0.143. The Labute approximate surface area is 121 Å². The maximum atomic E-state index is 12.4. The summed E-state index contributed by atoms with van der Waals surface area (Å²) in [6, 6.07) is 4.87. The molecule has 0 amide bonds. The van der Waals surface area contributed by atoms with Crippen LogP contribution in [0.2, 0.25) is 10.0 Å². The first kappa shape index (κ1) is 13.8. The van der Waals surface area contributed by atoms with Crippen molar-refractivity contribution >= 4 is 35.2 Å². The van der Waals surface area contributed by atoms with Crippen molar-refractivity contribution in [1.29, 1.82) is 0 Å². The number of carbonyl (C=O) groups excluding carboxylic acids is 1. The Balaban J connectivity index is 2.36. The van der Waals surface area contributed by atoms with Crippen LogP contribution in [-0.4, -0.2) is 15.3 Å². The maximum absolute atomic E-state index is 12.4. The molecule has 1 heterocycles. The van der Waals surface area contributed by atoms with Gasteiger partial charge in [0, 0.05) is 34.8 Å². The van der Waals surface area contributed by atoms with Crippen LogP contribution in [0.1, 0.15) is 23.7 Å². The molecule has 0 spiro atoms. The van der Waals surface area contributed by atoms with Crippen molar-refractivity contribution in [3.05, 3.63) is 58.1 Å². The lowest BCUT2D eigenvalue weighted by Gasteiger charge is -2.07. The van der Waals surface area contributed by atoms with Crippen molar-refractivity contribution < 1.29 is 4.79 Å². The molecule has 98 valence electrons. The summed E-state index contributed by atoms with van der Waals surface area (Å²) in [5.41, 5.74) is 1.11. The van der Waals surface area contributed by atoms with E-state index < -0.39 is 0 Å². The van der Waals surface area contributed by atoms with Crippen molar-refractivity contribution in [3.8, 4) is 0 Å². The Hall–Kier alpha value is -1.58. The molecule has 0 N–H and O–H groups in total.